The molecular weight excluding hydrogens is 308 g/mol. The van der Waals surface area contributed by atoms with E-state index < -0.39 is 0 Å². The minimum atomic E-state index is -0.203. The maximum absolute atomic E-state index is 11.7. The summed E-state index contributed by atoms with van der Waals surface area (Å²) in [6.07, 6.45) is 1.98. The lowest BCUT2D eigenvalue weighted by Gasteiger charge is -2.09. The number of hydrogen-bond acceptors (Lipinski definition) is 2. The summed E-state index contributed by atoms with van der Waals surface area (Å²) in [7, 11) is 0. The SMILES string of the molecule is CC(Br)C(=O)NCc1cccc(NC(=O)C2CC2)c1. The number of benzene rings is 1. The lowest BCUT2D eigenvalue weighted by Crippen LogP contribution is -2.28. The first-order valence-electron chi connectivity index (χ1n) is 6.38. The van der Waals surface area contributed by atoms with E-state index in [2.05, 4.69) is 26.6 Å². The summed E-state index contributed by atoms with van der Waals surface area (Å²) in [5.74, 6) is 0.236. The van der Waals surface area contributed by atoms with Gasteiger partial charge in [0.25, 0.3) is 0 Å². The summed E-state index contributed by atoms with van der Waals surface area (Å²) in [6, 6.07) is 7.55. The maximum Gasteiger partial charge on any atom is 0.233 e. The second-order valence-corrected chi connectivity index (χ2v) is 6.17. The molecule has 2 rings (SSSR count). The smallest absolute Gasteiger partial charge is 0.233 e. The molecule has 2 N–H and O–H groups in total. The van der Waals surface area contributed by atoms with Gasteiger partial charge in [-0.15, -0.1) is 0 Å². The molecule has 1 aliphatic carbocycles. The molecule has 0 radical (unpaired) electrons. The Morgan fingerprint density at radius 2 is 2.16 bits per heavy atom. The van der Waals surface area contributed by atoms with Crippen LogP contribution in [0.5, 0.6) is 0 Å². The third kappa shape index (κ3) is 4.35. The topological polar surface area (TPSA) is 58.2 Å². The van der Waals surface area contributed by atoms with Crippen molar-refractivity contribution in [3.8, 4) is 0 Å². The Labute approximate surface area is 121 Å². The third-order valence-electron chi connectivity index (χ3n) is 2.97. The van der Waals surface area contributed by atoms with Gasteiger partial charge in [0.05, 0.1) is 4.83 Å². The van der Waals surface area contributed by atoms with E-state index in [0.717, 1.165) is 24.1 Å². The Morgan fingerprint density at radius 1 is 1.42 bits per heavy atom. The monoisotopic (exact) mass is 324 g/mol. The predicted molar refractivity (Wildman–Crippen MR) is 78.0 cm³/mol. The highest BCUT2D eigenvalue weighted by Crippen LogP contribution is 2.30. The minimum Gasteiger partial charge on any atom is -0.351 e. The summed E-state index contributed by atoms with van der Waals surface area (Å²) < 4.78 is 0. The third-order valence-corrected chi connectivity index (χ3v) is 3.39. The molecule has 5 heteroatoms. The van der Waals surface area contributed by atoms with Crippen molar-refractivity contribution in [3.05, 3.63) is 29.8 Å². The zero-order chi connectivity index (χ0) is 13.8. The predicted octanol–water partition coefficient (Wildman–Crippen LogP) is 2.43. The number of carbonyl (C=O) groups excluding carboxylic acids is 2. The average molecular weight is 325 g/mol. The number of nitrogens with one attached hydrogen (secondary N) is 2. The van der Waals surface area contributed by atoms with E-state index in [1.165, 1.54) is 0 Å². The number of carbonyl (C=O) groups is 2. The summed E-state index contributed by atoms with van der Waals surface area (Å²) in [6.45, 7) is 2.24. The van der Waals surface area contributed by atoms with E-state index in [1.54, 1.807) is 6.92 Å². The van der Waals surface area contributed by atoms with Crippen LogP contribution >= 0.6 is 15.9 Å². The summed E-state index contributed by atoms with van der Waals surface area (Å²) in [5.41, 5.74) is 1.76. The number of hydrogen-bond donors (Lipinski definition) is 2. The van der Waals surface area contributed by atoms with Crippen molar-refractivity contribution in [2.24, 2.45) is 5.92 Å². The first-order valence-corrected chi connectivity index (χ1v) is 7.29. The molecule has 0 aliphatic heterocycles. The number of rotatable bonds is 5. The van der Waals surface area contributed by atoms with Crippen LogP contribution in [0.1, 0.15) is 25.3 Å². The van der Waals surface area contributed by atoms with Crippen LogP contribution in [0.15, 0.2) is 24.3 Å². The number of anilines is 1. The highest BCUT2D eigenvalue weighted by molar-refractivity contribution is 9.10. The van der Waals surface area contributed by atoms with Gasteiger partial charge in [-0.1, -0.05) is 28.1 Å². The minimum absolute atomic E-state index is 0.0487. The van der Waals surface area contributed by atoms with E-state index in [9.17, 15) is 9.59 Å². The quantitative estimate of drug-likeness (QED) is 0.817. The molecule has 0 aromatic heterocycles. The van der Waals surface area contributed by atoms with Gasteiger partial charge in [-0.3, -0.25) is 9.59 Å². The molecule has 1 aromatic rings. The van der Waals surface area contributed by atoms with Crippen LogP contribution in [0.4, 0.5) is 5.69 Å². The number of amides is 2. The molecule has 1 aromatic carbocycles. The highest BCUT2D eigenvalue weighted by atomic mass is 79.9. The van der Waals surface area contributed by atoms with Crippen molar-refractivity contribution in [1.29, 1.82) is 0 Å². The highest BCUT2D eigenvalue weighted by Gasteiger charge is 2.29. The molecule has 19 heavy (non-hydrogen) atoms. The van der Waals surface area contributed by atoms with Gasteiger partial charge in [0, 0.05) is 18.2 Å². The molecule has 0 heterocycles. The molecule has 1 saturated carbocycles. The van der Waals surface area contributed by atoms with Gasteiger partial charge in [0.15, 0.2) is 0 Å². The van der Waals surface area contributed by atoms with Crippen molar-refractivity contribution in [1.82, 2.24) is 5.32 Å². The second kappa shape index (κ2) is 6.19. The molecule has 0 bridgehead atoms. The Kier molecular flexibility index (Phi) is 4.58. The van der Waals surface area contributed by atoms with E-state index in [4.69, 9.17) is 0 Å². The van der Waals surface area contributed by atoms with E-state index >= 15 is 0 Å². The van der Waals surface area contributed by atoms with Gasteiger partial charge < -0.3 is 10.6 Å². The van der Waals surface area contributed by atoms with Crippen molar-refractivity contribution >= 4 is 33.4 Å². The fraction of sp³-hybridized carbons (Fsp3) is 0.429. The normalized spacial score (nSPS) is 15.7. The molecule has 0 saturated heterocycles. The summed E-state index contributed by atoms with van der Waals surface area (Å²) >= 11 is 3.21. The molecule has 4 nitrogen and oxygen atoms in total. The molecule has 1 fully saturated rings. The second-order valence-electron chi connectivity index (χ2n) is 4.80. The van der Waals surface area contributed by atoms with Crippen LogP contribution in [0, 0.1) is 5.92 Å². The first kappa shape index (κ1) is 14.1. The molecule has 1 aliphatic rings. The molecule has 1 atom stereocenters. The number of alkyl halides is 1. The summed E-state index contributed by atoms with van der Waals surface area (Å²) in [5, 5.41) is 5.71. The van der Waals surface area contributed by atoms with Gasteiger partial charge in [0.1, 0.15) is 0 Å². The van der Waals surface area contributed by atoms with Crippen LogP contribution in [-0.2, 0) is 16.1 Å². The lowest BCUT2D eigenvalue weighted by molar-refractivity contribution is -0.120. The molecule has 102 valence electrons. The van der Waals surface area contributed by atoms with Crippen LogP contribution in [0.2, 0.25) is 0 Å². The Hall–Kier alpha value is -1.36. The van der Waals surface area contributed by atoms with Crippen LogP contribution < -0.4 is 10.6 Å². The largest absolute Gasteiger partial charge is 0.351 e. The van der Waals surface area contributed by atoms with E-state index in [-0.39, 0.29) is 22.6 Å². The van der Waals surface area contributed by atoms with Gasteiger partial charge in [-0.25, -0.2) is 0 Å². The fourth-order valence-electron chi connectivity index (χ4n) is 1.68. The zero-order valence-electron chi connectivity index (χ0n) is 10.8. The standard InChI is InChI=1S/C14H17BrN2O2/c1-9(15)13(18)16-8-10-3-2-4-12(7-10)17-14(19)11-5-6-11/h2-4,7,9,11H,5-6,8H2,1H3,(H,16,18)(H,17,19). The Morgan fingerprint density at radius 3 is 2.79 bits per heavy atom. The fourth-order valence-corrected chi connectivity index (χ4v) is 1.84. The van der Waals surface area contributed by atoms with E-state index in [0.29, 0.717) is 6.54 Å². The summed E-state index contributed by atoms with van der Waals surface area (Å²) in [4.78, 5) is 22.9. The molecule has 2 amide bonds. The lowest BCUT2D eigenvalue weighted by atomic mass is 10.2. The van der Waals surface area contributed by atoms with Crippen molar-refractivity contribution in [2.75, 3.05) is 5.32 Å². The van der Waals surface area contributed by atoms with Gasteiger partial charge in [0.2, 0.25) is 11.8 Å². The Balaban J connectivity index is 1.90. The van der Waals surface area contributed by atoms with Gasteiger partial charge in [-0.05, 0) is 37.5 Å². The van der Waals surface area contributed by atoms with E-state index in [1.807, 2.05) is 24.3 Å². The van der Waals surface area contributed by atoms with Crippen LogP contribution in [-0.4, -0.2) is 16.6 Å². The van der Waals surface area contributed by atoms with Crippen LogP contribution in [0.25, 0.3) is 0 Å². The molecule has 0 spiro atoms. The maximum atomic E-state index is 11.7. The molecule has 1 unspecified atom stereocenters. The number of halogens is 1. The van der Waals surface area contributed by atoms with Crippen molar-refractivity contribution in [3.63, 3.8) is 0 Å². The van der Waals surface area contributed by atoms with Crippen molar-refractivity contribution < 1.29 is 9.59 Å². The first-order chi connectivity index (χ1) is 9.06. The van der Waals surface area contributed by atoms with Gasteiger partial charge in [-0.2, -0.15) is 0 Å². The van der Waals surface area contributed by atoms with Gasteiger partial charge >= 0.3 is 0 Å². The van der Waals surface area contributed by atoms with Crippen molar-refractivity contribution in [2.45, 2.75) is 31.1 Å². The zero-order valence-corrected chi connectivity index (χ0v) is 12.4. The Bertz CT molecular complexity index is 484. The van der Waals surface area contributed by atoms with Crippen LogP contribution in [0.3, 0.4) is 0 Å². The molecular formula is C14H17BrN2O2. The average Bonchev–Trinajstić information content (AvgIpc) is 3.20.